The maximum absolute atomic E-state index is 5.61. The van der Waals surface area contributed by atoms with Gasteiger partial charge in [-0.3, -0.25) is 11.3 Å². The lowest BCUT2D eigenvalue weighted by Gasteiger charge is -2.33. The van der Waals surface area contributed by atoms with Gasteiger partial charge in [0.15, 0.2) is 0 Å². The van der Waals surface area contributed by atoms with E-state index >= 15 is 0 Å². The van der Waals surface area contributed by atoms with Crippen molar-refractivity contribution in [1.29, 1.82) is 0 Å². The van der Waals surface area contributed by atoms with Crippen LogP contribution in [0.25, 0.3) is 0 Å². The van der Waals surface area contributed by atoms with E-state index in [4.69, 9.17) is 5.84 Å². The first-order chi connectivity index (χ1) is 7.81. The van der Waals surface area contributed by atoms with E-state index in [-0.39, 0.29) is 0 Å². The number of nitrogens with two attached hydrogens (primary N) is 1. The van der Waals surface area contributed by atoms with E-state index in [2.05, 4.69) is 39.6 Å². The van der Waals surface area contributed by atoms with Crippen LogP contribution in [0.5, 0.6) is 0 Å². The van der Waals surface area contributed by atoms with Crippen LogP contribution in [0.3, 0.4) is 0 Å². The molecule has 1 aliphatic carbocycles. The normalized spacial score (nSPS) is 18.1. The summed E-state index contributed by atoms with van der Waals surface area (Å²) < 4.78 is 1.17. The van der Waals surface area contributed by atoms with Crippen molar-refractivity contribution in [3.05, 3.63) is 28.7 Å². The fourth-order valence-corrected chi connectivity index (χ4v) is 3.64. The van der Waals surface area contributed by atoms with Gasteiger partial charge in [-0.1, -0.05) is 18.6 Å². The molecular formula is C12H17BrN2S. The van der Waals surface area contributed by atoms with Gasteiger partial charge in [-0.25, -0.2) is 0 Å². The van der Waals surface area contributed by atoms with E-state index < -0.39 is 0 Å². The van der Waals surface area contributed by atoms with Crippen LogP contribution < -0.4 is 11.3 Å². The van der Waals surface area contributed by atoms with E-state index in [1.165, 1.54) is 28.6 Å². The lowest BCUT2D eigenvalue weighted by atomic mass is 9.80. The van der Waals surface area contributed by atoms with Crippen LogP contribution in [0.15, 0.2) is 33.6 Å². The molecule has 0 aromatic heterocycles. The van der Waals surface area contributed by atoms with Gasteiger partial charge in [-0.05, 0) is 46.8 Å². The molecule has 1 saturated carbocycles. The number of hydrogen-bond acceptors (Lipinski definition) is 3. The summed E-state index contributed by atoms with van der Waals surface area (Å²) in [4.78, 5) is 1.29. The van der Waals surface area contributed by atoms with Crippen molar-refractivity contribution in [2.75, 3.05) is 5.75 Å². The SMILES string of the molecule is NNC(CSc1ccccc1Br)C1CCC1. The molecule has 88 valence electrons. The number of hydrazine groups is 1. The summed E-state index contributed by atoms with van der Waals surface area (Å²) in [6.45, 7) is 0. The molecule has 0 spiro atoms. The van der Waals surface area contributed by atoms with E-state index in [0.29, 0.717) is 6.04 Å². The standard InChI is InChI=1S/C12H17BrN2S/c13-10-6-1-2-7-12(10)16-8-11(15-14)9-4-3-5-9/h1-2,6-7,9,11,15H,3-5,8,14H2. The van der Waals surface area contributed by atoms with Gasteiger partial charge in [-0.15, -0.1) is 11.8 Å². The van der Waals surface area contributed by atoms with Crippen molar-refractivity contribution in [2.24, 2.45) is 11.8 Å². The van der Waals surface area contributed by atoms with Gasteiger partial charge in [-0.2, -0.15) is 0 Å². The zero-order chi connectivity index (χ0) is 11.4. The first-order valence-electron chi connectivity index (χ1n) is 5.64. The van der Waals surface area contributed by atoms with Crippen LogP contribution in [0, 0.1) is 5.92 Å². The van der Waals surface area contributed by atoms with Crippen molar-refractivity contribution >= 4 is 27.7 Å². The second-order valence-corrected chi connectivity index (χ2v) is 6.12. The first-order valence-corrected chi connectivity index (χ1v) is 7.42. The molecule has 1 aliphatic rings. The summed E-state index contributed by atoms with van der Waals surface area (Å²) in [6, 6.07) is 8.78. The fourth-order valence-electron chi connectivity index (χ4n) is 1.90. The Balaban J connectivity index is 1.88. The van der Waals surface area contributed by atoms with E-state index in [9.17, 15) is 0 Å². The van der Waals surface area contributed by atoms with Crippen molar-refractivity contribution in [2.45, 2.75) is 30.2 Å². The van der Waals surface area contributed by atoms with Crippen molar-refractivity contribution < 1.29 is 0 Å². The predicted octanol–water partition coefficient (Wildman–Crippen LogP) is 3.17. The van der Waals surface area contributed by atoms with Gasteiger partial charge in [0.2, 0.25) is 0 Å². The zero-order valence-corrected chi connectivity index (χ0v) is 11.6. The van der Waals surface area contributed by atoms with Crippen molar-refractivity contribution in [3.63, 3.8) is 0 Å². The van der Waals surface area contributed by atoms with E-state index in [1.807, 2.05) is 17.8 Å². The van der Waals surface area contributed by atoms with Crippen LogP contribution >= 0.6 is 27.7 Å². The Hall–Kier alpha value is -0.0300. The largest absolute Gasteiger partial charge is 0.271 e. The molecular weight excluding hydrogens is 284 g/mol. The Labute approximate surface area is 109 Å². The topological polar surface area (TPSA) is 38.0 Å². The maximum atomic E-state index is 5.61. The molecule has 3 N–H and O–H groups in total. The Morgan fingerprint density at radius 3 is 2.75 bits per heavy atom. The minimum atomic E-state index is 0.450. The Bertz CT molecular complexity index is 342. The number of halogens is 1. The molecule has 1 unspecified atom stereocenters. The number of benzene rings is 1. The minimum absolute atomic E-state index is 0.450. The summed E-state index contributed by atoms with van der Waals surface area (Å²) in [5.74, 6) is 7.43. The number of thioether (sulfide) groups is 1. The molecule has 1 aromatic carbocycles. The smallest absolute Gasteiger partial charge is 0.0332 e. The molecule has 2 rings (SSSR count). The summed E-state index contributed by atoms with van der Waals surface area (Å²) in [5.41, 5.74) is 2.96. The molecule has 16 heavy (non-hydrogen) atoms. The molecule has 1 atom stereocenters. The third kappa shape index (κ3) is 3.00. The highest BCUT2D eigenvalue weighted by molar-refractivity contribution is 9.10. The molecule has 1 fully saturated rings. The Kier molecular flexibility index (Phi) is 4.70. The Morgan fingerprint density at radius 2 is 2.19 bits per heavy atom. The molecule has 0 saturated heterocycles. The van der Waals surface area contributed by atoms with Gasteiger partial charge in [0.25, 0.3) is 0 Å². The van der Waals surface area contributed by atoms with Gasteiger partial charge >= 0.3 is 0 Å². The molecule has 4 heteroatoms. The highest BCUT2D eigenvalue weighted by Gasteiger charge is 2.26. The predicted molar refractivity (Wildman–Crippen MR) is 73.3 cm³/mol. The Morgan fingerprint density at radius 1 is 1.44 bits per heavy atom. The maximum Gasteiger partial charge on any atom is 0.0332 e. The molecule has 0 radical (unpaired) electrons. The summed E-state index contributed by atoms with van der Waals surface area (Å²) in [5, 5.41) is 0. The summed E-state index contributed by atoms with van der Waals surface area (Å²) in [6.07, 6.45) is 4.01. The van der Waals surface area contributed by atoms with Crippen LogP contribution in [0.2, 0.25) is 0 Å². The average Bonchev–Trinajstić information content (AvgIpc) is 2.23. The molecule has 2 nitrogen and oxygen atoms in total. The third-order valence-corrected chi connectivity index (χ3v) is 5.33. The quantitative estimate of drug-likeness (QED) is 0.498. The second-order valence-electron chi connectivity index (χ2n) is 4.21. The number of rotatable bonds is 5. The third-order valence-electron chi connectivity index (χ3n) is 3.19. The van der Waals surface area contributed by atoms with Crippen molar-refractivity contribution in [3.8, 4) is 0 Å². The van der Waals surface area contributed by atoms with Gasteiger partial charge in [0.1, 0.15) is 0 Å². The fraction of sp³-hybridized carbons (Fsp3) is 0.500. The highest BCUT2D eigenvalue weighted by Crippen LogP contribution is 2.33. The van der Waals surface area contributed by atoms with E-state index in [0.717, 1.165) is 11.7 Å². The average molecular weight is 301 g/mol. The van der Waals surface area contributed by atoms with Gasteiger partial charge in [0, 0.05) is 21.2 Å². The van der Waals surface area contributed by atoms with Gasteiger partial charge in [0.05, 0.1) is 0 Å². The zero-order valence-electron chi connectivity index (χ0n) is 9.16. The molecule has 0 aliphatic heterocycles. The van der Waals surface area contributed by atoms with Gasteiger partial charge < -0.3 is 0 Å². The molecule has 0 bridgehead atoms. The molecule has 1 aromatic rings. The number of nitrogens with one attached hydrogen (secondary N) is 1. The van der Waals surface area contributed by atoms with E-state index in [1.54, 1.807) is 0 Å². The van der Waals surface area contributed by atoms with Crippen LogP contribution in [0.1, 0.15) is 19.3 Å². The van der Waals surface area contributed by atoms with Crippen molar-refractivity contribution in [1.82, 2.24) is 5.43 Å². The summed E-state index contributed by atoms with van der Waals surface area (Å²) >= 11 is 5.43. The minimum Gasteiger partial charge on any atom is -0.271 e. The van der Waals surface area contributed by atoms with Crippen LogP contribution in [0.4, 0.5) is 0 Å². The highest BCUT2D eigenvalue weighted by atomic mass is 79.9. The molecule has 0 heterocycles. The lowest BCUT2D eigenvalue weighted by Crippen LogP contribution is -2.45. The second kappa shape index (κ2) is 6.05. The monoisotopic (exact) mass is 300 g/mol. The number of hydrogen-bond donors (Lipinski definition) is 2. The molecule has 0 amide bonds. The van der Waals surface area contributed by atoms with Crippen LogP contribution in [-0.2, 0) is 0 Å². The van der Waals surface area contributed by atoms with Crippen LogP contribution in [-0.4, -0.2) is 11.8 Å². The lowest BCUT2D eigenvalue weighted by molar-refractivity contribution is 0.246. The summed E-state index contributed by atoms with van der Waals surface area (Å²) in [7, 11) is 0. The first kappa shape index (κ1) is 12.4.